The smallest absolute Gasteiger partial charge is 0.224 e. The minimum atomic E-state index is 0.212. The van der Waals surface area contributed by atoms with E-state index in [1.54, 1.807) is 0 Å². The van der Waals surface area contributed by atoms with Crippen LogP contribution in [0.5, 0.6) is 0 Å². The summed E-state index contributed by atoms with van der Waals surface area (Å²) in [6.07, 6.45) is 8.99. The van der Waals surface area contributed by atoms with Gasteiger partial charge in [-0.05, 0) is 38.1 Å². The van der Waals surface area contributed by atoms with E-state index >= 15 is 0 Å². The molecule has 1 saturated heterocycles. The molecule has 2 aliphatic rings. The van der Waals surface area contributed by atoms with Gasteiger partial charge in [-0.2, -0.15) is 0 Å². The molecule has 0 bridgehead atoms. The van der Waals surface area contributed by atoms with E-state index < -0.39 is 0 Å². The molecule has 84 valence electrons. The maximum absolute atomic E-state index is 11.7. The summed E-state index contributed by atoms with van der Waals surface area (Å²) in [7, 11) is 0. The summed E-state index contributed by atoms with van der Waals surface area (Å²) in [6, 6.07) is 0. The Balaban J connectivity index is 1.68. The predicted molar refractivity (Wildman–Crippen MR) is 60.5 cm³/mol. The first-order valence-corrected chi connectivity index (χ1v) is 5.99. The quantitative estimate of drug-likeness (QED) is 0.681. The topological polar surface area (TPSA) is 41.1 Å². The van der Waals surface area contributed by atoms with Crippen molar-refractivity contribution < 1.29 is 4.79 Å². The Morgan fingerprint density at radius 2 is 2.33 bits per heavy atom. The van der Waals surface area contributed by atoms with Crippen LogP contribution in [0.15, 0.2) is 12.2 Å². The molecule has 0 radical (unpaired) electrons. The second kappa shape index (κ2) is 5.31. The maximum atomic E-state index is 11.7. The first-order valence-electron chi connectivity index (χ1n) is 5.99. The zero-order chi connectivity index (χ0) is 10.5. The van der Waals surface area contributed by atoms with E-state index in [1.807, 2.05) is 0 Å². The van der Waals surface area contributed by atoms with Crippen molar-refractivity contribution in [2.24, 2.45) is 11.8 Å². The molecule has 1 fully saturated rings. The Bertz CT molecular complexity index is 244. The van der Waals surface area contributed by atoms with Gasteiger partial charge in [0.1, 0.15) is 0 Å². The highest BCUT2D eigenvalue weighted by Crippen LogP contribution is 2.17. The number of hydrogen-bond donors (Lipinski definition) is 2. The second-order valence-electron chi connectivity index (χ2n) is 4.59. The summed E-state index contributed by atoms with van der Waals surface area (Å²) >= 11 is 0. The van der Waals surface area contributed by atoms with Gasteiger partial charge in [-0.25, -0.2) is 0 Å². The Hall–Kier alpha value is -0.830. The highest BCUT2D eigenvalue weighted by molar-refractivity contribution is 5.79. The fourth-order valence-electron chi connectivity index (χ4n) is 2.31. The van der Waals surface area contributed by atoms with Crippen LogP contribution in [0.25, 0.3) is 0 Å². The van der Waals surface area contributed by atoms with Gasteiger partial charge in [-0.1, -0.05) is 12.2 Å². The van der Waals surface area contributed by atoms with Crippen molar-refractivity contribution in [2.75, 3.05) is 19.6 Å². The third kappa shape index (κ3) is 3.06. The number of carbonyl (C=O) groups excluding carboxylic acids is 1. The molecule has 1 heterocycles. The normalized spacial score (nSPS) is 30.4. The SMILES string of the molecule is O=C(NCC1CC=CCC1)C1CCNC1. The van der Waals surface area contributed by atoms with Crippen LogP contribution in [0.1, 0.15) is 25.7 Å². The van der Waals surface area contributed by atoms with E-state index in [0.717, 1.165) is 32.5 Å². The van der Waals surface area contributed by atoms with Crippen LogP contribution >= 0.6 is 0 Å². The predicted octanol–water partition coefficient (Wildman–Crippen LogP) is 1.07. The highest BCUT2D eigenvalue weighted by atomic mass is 16.1. The van der Waals surface area contributed by atoms with Crippen molar-refractivity contribution in [1.82, 2.24) is 10.6 Å². The summed E-state index contributed by atoms with van der Waals surface area (Å²) in [4.78, 5) is 11.7. The van der Waals surface area contributed by atoms with Gasteiger partial charge >= 0.3 is 0 Å². The summed E-state index contributed by atoms with van der Waals surface area (Å²) in [5.41, 5.74) is 0. The van der Waals surface area contributed by atoms with Gasteiger partial charge in [0.05, 0.1) is 5.92 Å². The van der Waals surface area contributed by atoms with Crippen LogP contribution in [-0.4, -0.2) is 25.5 Å². The highest BCUT2D eigenvalue weighted by Gasteiger charge is 2.22. The zero-order valence-electron chi connectivity index (χ0n) is 9.17. The average molecular weight is 208 g/mol. The van der Waals surface area contributed by atoms with Crippen molar-refractivity contribution in [1.29, 1.82) is 0 Å². The summed E-state index contributed by atoms with van der Waals surface area (Å²) in [5.74, 6) is 1.12. The molecule has 0 aromatic carbocycles. The molecule has 1 amide bonds. The molecule has 1 aliphatic heterocycles. The van der Waals surface area contributed by atoms with Crippen molar-refractivity contribution in [3.05, 3.63) is 12.2 Å². The van der Waals surface area contributed by atoms with Crippen LogP contribution < -0.4 is 10.6 Å². The molecule has 2 atom stereocenters. The molecule has 15 heavy (non-hydrogen) atoms. The molecular weight excluding hydrogens is 188 g/mol. The molecule has 0 aromatic heterocycles. The fraction of sp³-hybridized carbons (Fsp3) is 0.750. The van der Waals surface area contributed by atoms with Crippen molar-refractivity contribution >= 4 is 5.91 Å². The number of allylic oxidation sites excluding steroid dienone is 2. The minimum Gasteiger partial charge on any atom is -0.356 e. The molecule has 2 N–H and O–H groups in total. The molecule has 2 unspecified atom stereocenters. The molecule has 0 spiro atoms. The molecule has 3 heteroatoms. The third-order valence-electron chi connectivity index (χ3n) is 3.37. The van der Waals surface area contributed by atoms with E-state index in [-0.39, 0.29) is 11.8 Å². The van der Waals surface area contributed by atoms with Crippen molar-refractivity contribution in [2.45, 2.75) is 25.7 Å². The van der Waals surface area contributed by atoms with Crippen LogP contribution in [0.3, 0.4) is 0 Å². The van der Waals surface area contributed by atoms with Gasteiger partial charge in [0, 0.05) is 13.1 Å². The summed E-state index contributed by atoms with van der Waals surface area (Å²) in [5, 5.41) is 6.30. The monoisotopic (exact) mass is 208 g/mol. The molecule has 2 rings (SSSR count). The lowest BCUT2D eigenvalue weighted by Crippen LogP contribution is -2.35. The van der Waals surface area contributed by atoms with Gasteiger partial charge in [-0.3, -0.25) is 4.79 Å². The number of nitrogens with one attached hydrogen (secondary N) is 2. The first-order chi connectivity index (χ1) is 7.36. The fourth-order valence-corrected chi connectivity index (χ4v) is 2.31. The van der Waals surface area contributed by atoms with Gasteiger partial charge in [0.2, 0.25) is 5.91 Å². The molecule has 3 nitrogen and oxygen atoms in total. The zero-order valence-corrected chi connectivity index (χ0v) is 9.17. The third-order valence-corrected chi connectivity index (χ3v) is 3.37. The lowest BCUT2D eigenvalue weighted by atomic mass is 9.94. The van der Waals surface area contributed by atoms with E-state index in [4.69, 9.17) is 0 Å². The molecular formula is C12H20N2O. The Morgan fingerprint density at radius 1 is 1.40 bits per heavy atom. The maximum Gasteiger partial charge on any atom is 0.224 e. The largest absolute Gasteiger partial charge is 0.356 e. The number of carbonyl (C=O) groups is 1. The Morgan fingerprint density at radius 3 is 3.00 bits per heavy atom. The van der Waals surface area contributed by atoms with Crippen molar-refractivity contribution in [3.8, 4) is 0 Å². The second-order valence-corrected chi connectivity index (χ2v) is 4.59. The van der Waals surface area contributed by atoms with E-state index in [0.29, 0.717) is 5.92 Å². The summed E-state index contributed by atoms with van der Waals surface area (Å²) in [6.45, 7) is 2.71. The van der Waals surface area contributed by atoms with Gasteiger partial charge in [-0.15, -0.1) is 0 Å². The van der Waals surface area contributed by atoms with Crippen molar-refractivity contribution in [3.63, 3.8) is 0 Å². The van der Waals surface area contributed by atoms with Crippen LogP contribution in [0.4, 0.5) is 0 Å². The lowest BCUT2D eigenvalue weighted by Gasteiger charge is -2.19. The molecule has 0 saturated carbocycles. The Labute approximate surface area is 91.3 Å². The Kier molecular flexibility index (Phi) is 3.78. The standard InChI is InChI=1S/C12H20N2O/c15-12(11-6-7-13-9-11)14-8-10-4-2-1-3-5-10/h1-2,10-11,13H,3-9H2,(H,14,15). The van der Waals surface area contributed by atoms with E-state index in [1.165, 1.54) is 12.8 Å². The first kappa shape index (κ1) is 10.7. The van der Waals surface area contributed by atoms with E-state index in [9.17, 15) is 4.79 Å². The minimum absolute atomic E-state index is 0.212. The van der Waals surface area contributed by atoms with E-state index in [2.05, 4.69) is 22.8 Å². The molecule has 1 aliphatic carbocycles. The molecule has 0 aromatic rings. The number of hydrogen-bond acceptors (Lipinski definition) is 2. The van der Waals surface area contributed by atoms with Crippen LogP contribution in [0.2, 0.25) is 0 Å². The van der Waals surface area contributed by atoms with Gasteiger partial charge < -0.3 is 10.6 Å². The van der Waals surface area contributed by atoms with Crippen LogP contribution in [0, 0.1) is 11.8 Å². The summed E-state index contributed by atoms with van der Waals surface area (Å²) < 4.78 is 0. The number of rotatable bonds is 3. The van der Waals surface area contributed by atoms with Gasteiger partial charge in [0.25, 0.3) is 0 Å². The number of amides is 1. The lowest BCUT2D eigenvalue weighted by molar-refractivity contribution is -0.124. The average Bonchev–Trinajstić information content (AvgIpc) is 2.81. The van der Waals surface area contributed by atoms with Crippen LogP contribution in [-0.2, 0) is 4.79 Å². The van der Waals surface area contributed by atoms with Gasteiger partial charge in [0.15, 0.2) is 0 Å².